The Balaban J connectivity index is 0.817. The van der Waals surface area contributed by atoms with Crippen molar-refractivity contribution >= 4 is 63.8 Å². The van der Waals surface area contributed by atoms with Crippen LogP contribution >= 0.6 is 22.9 Å². The third kappa shape index (κ3) is 7.18. The van der Waals surface area contributed by atoms with Crippen LogP contribution in [0.1, 0.15) is 77.4 Å². The van der Waals surface area contributed by atoms with Gasteiger partial charge in [0.15, 0.2) is 24.5 Å². The van der Waals surface area contributed by atoms with E-state index < -0.39 is 6.23 Å². The van der Waals surface area contributed by atoms with Crippen molar-refractivity contribution in [3.05, 3.63) is 98.2 Å². The van der Waals surface area contributed by atoms with Crippen molar-refractivity contribution in [2.45, 2.75) is 71.8 Å². The van der Waals surface area contributed by atoms with E-state index in [1.165, 1.54) is 17.5 Å². The average molecular weight is 835 g/mol. The van der Waals surface area contributed by atoms with Crippen molar-refractivity contribution in [3.63, 3.8) is 0 Å². The van der Waals surface area contributed by atoms with Crippen molar-refractivity contribution in [1.29, 1.82) is 0 Å². The van der Waals surface area contributed by atoms with E-state index in [-0.39, 0.29) is 35.8 Å². The first-order chi connectivity index (χ1) is 28.4. The molecule has 9 rings (SSSR count). The zero-order chi connectivity index (χ0) is 41.2. The normalized spacial score (nSPS) is 19.5. The highest BCUT2D eigenvalue weighted by Crippen LogP contribution is 2.51. The van der Waals surface area contributed by atoms with E-state index in [9.17, 15) is 9.90 Å². The van der Waals surface area contributed by atoms with Gasteiger partial charge in [-0.2, -0.15) is 4.98 Å². The molecule has 0 bridgehead atoms. The Morgan fingerprint density at radius 1 is 1.08 bits per heavy atom. The minimum absolute atomic E-state index is 0.124. The van der Waals surface area contributed by atoms with Gasteiger partial charge >= 0.3 is 0 Å². The topological polar surface area (TPSA) is 155 Å². The molecule has 0 radical (unpaired) electrons. The van der Waals surface area contributed by atoms with Crippen LogP contribution in [-0.4, -0.2) is 87.6 Å². The number of nitrogens with zero attached hydrogens (tertiary/aromatic N) is 8. The maximum absolute atomic E-state index is 11.8. The van der Waals surface area contributed by atoms with Crippen molar-refractivity contribution in [3.8, 4) is 10.8 Å². The summed E-state index contributed by atoms with van der Waals surface area (Å²) >= 11 is 8.37. The highest BCUT2D eigenvalue weighted by Gasteiger charge is 2.47. The molecular formula is C43H47ClN10O4S. The lowest BCUT2D eigenvalue weighted by Crippen LogP contribution is -2.51. The molecule has 2 aromatic carbocycles. The molecule has 306 valence electrons. The first kappa shape index (κ1) is 39.0. The van der Waals surface area contributed by atoms with E-state index in [1.54, 1.807) is 35.6 Å². The second kappa shape index (κ2) is 15.3. The molecule has 4 aliphatic rings. The fourth-order valence-corrected chi connectivity index (χ4v) is 9.99. The number of aliphatic hydroxyl groups is 1. The number of hydrogen-bond acceptors (Lipinski definition) is 13. The highest BCUT2D eigenvalue weighted by molar-refractivity contribution is 7.15. The molecule has 1 saturated heterocycles. The van der Waals surface area contributed by atoms with Crippen molar-refractivity contribution in [2.75, 3.05) is 48.9 Å². The van der Waals surface area contributed by atoms with Crippen molar-refractivity contribution in [2.24, 2.45) is 10.4 Å². The second-order valence-corrected chi connectivity index (χ2v) is 17.6. The van der Waals surface area contributed by atoms with E-state index in [0.717, 1.165) is 94.9 Å². The third-order valence-electron chi connectivity index (χ3n) is 12.2. The summed E-state index contributed by atoms with van der Waals surface area (Å²) < 4.78 is 14.3. The monoisotopic (exact) mass is 834 g/mol. The van der Waals surface area contributed by atoms with Crippen LogP contribution in [0, 0.1) is 26.2 Å². The summed E-state index contributed by atoms with van der Waals surface area (Å²) in [5.74, 6) is 3.76. The molecular weight excluding hydrogens is 788 g/mol. The molecule has 3 aromatic heterocycles. The quantitative estimate of drug-likeness (QED) is 0.140. The minimum Gasteiger partial charge on any atom is -0.490 e. The standard InChI is InChI=1S/C43H47ClN10O4S/c1-23-25(3)59-41-36(23)37(47-24(2)39-51-50-26(4)54(39)41)27-7-10-30(11-8-27)58-31-19-43(20-31)13-15-53(16-14-43)42-46-21-32(44)38(49-42)48-29-9-12-33-28(17-29)18-34(40(56)52(33)6)57-22-35(55)45-5/h7-12,17-18,21,24,31,40,56H,13-16,19-20,22H2,1-6H3,(H,45,55)(H,46,48,49)/t24-,40?/m0/s1. The second-order valence-electron chi connectivity index (χ2n) is 16.0. The lowest BCUT2D eigenvalue weighted by Gasteiger charge is -2.51. The van der Waals surface area contributed by atoms with E-state index in [2.05, 4.69) is 80.3 Å². The van der Waals surface area contributed by atoms with E-state index in [1.807, 2.05) is 25.1 Å². The number of carbonyl (C=O) groups is 1. The number of rotatable bonds is 9. The van der Waals surface area contributed by atoms with E-state index in [4.69, 9.17) is 31.1 Å². The zero-order valence-electron chi connectivity index (χ0n) is 33.9. The van der Waals surface area contributed by atoms with Gasteiger partial charge in [0.25, 0.3) is 5.91 Å². The molecule has 2 atom stereocenters. The summed E-state index contributed by atoms with van der Waals surface area (Å²) in [7, 11) is 3.31. The number of hydrogen-bond donors (Lipinski definition) is 3. The number of halogens is 1. The Morgan fingerprint density at radius 3 is 2.59 bits per heavy atom. The smallest absolute Gasteiger partial charge is 0.257 e. The van der Waals surface area contributed by atoms with Gasteiger partial charge in [0.2, 0.25) is 5.95 Å². The molecule has 1 spiro atoms. The maximum Gasteiger partial charge on any atom is 0.257 e. The van der Waals surface area contributed by atoms with Crippen molar-refractivity contribution < 1.29 is 19.4 Å². The molecule has 3 aliphatic heterocycles. The van der Waals surface area contributed by atoms with Gasteiger partial charge in [0, 0.05) is 60.1 Å². The zero-order valence-corrected chi connectivity index (χ0v) is 35.5. The first-order valence-corrected chi connectivity index (χ1v) is 21.1. The van der Waals surface area contributed by atoms with Crippen LogP contribution in [0.4, 0.5) is 23.1 Å². The van der Waals surface area contributed by atoms with Crippen LogP contribution in [0.25, 0.3) is 11.1 Å². The fraction of sp³-hybridized carbons (Fsp3) is 0.395. The lowest BCUT2D eigenvalue weighted by molar-refractivity contribution is -0.124. The molecule has 16 heteroatoms. The number of aliphatic hydroxyl groups excluding tert-OH is 1. The first-order valence-electron chi connectivity index (χ1n) is 19.9. The number of aryl methyl sites for hydroxylation is 2. The van der Waals surface area contributed by atoms with E-state index >= 15 is 0 Å². The summed E-state index contributed by atoms with van der Waals surface area (Å²) in [4.78, 5) is 31.6. The lowest BCUT2D eigenvalue weighted by atomic mass is 9.61. The Morgan fingerprint density at radius 2 is 1.85 bits per heavy atom. The van der Waals surface area contributed by atoms with Gasteiger partial charge in [-0.25, -0.2) is 4.98 Å². The largest absolute Gasteiger partial charge is 0.490 e. The number of fused-ring (bicyclic) bond motifs is 4. The SMILES string of the molecule is CNC(=O)COC1=Cc2cc(Nc3nc(N4CCC5(CC4)CC(Oc4ccc(C6=N[C@@H](C)c7nnc(C)n7-c7sc(C)c(C)c76)cc4)C5)ncc3Cl)ccc2N(C)C1O. The molecule has 1 saturated carbocycles. The molecule has 1 unspecified atom stereocenters. The summed E-state index contributed by atoms with van der Waals surface area (Å²) in [6.07, 6.45) is 6.66. The number of ether oxygens (including phenoxy) is 2. The molecule has 2 fully saturated rings. The van der Waals surface area contributed by atoms with Crippen LogP contribution < -0.4 is 25.2 Å². The molecule has 5 aromatic rings. The van der Waals surface area contributed by atoms with Crippen LogP contribution in [0.15, 0.2) is 59.4 Å². The third-order valence-corrected chi connectivity index (χ3v) is 13.7. The van der Waals surface area contributed by atoms with Gasteiger partial charge in [0.05, 0.1) is 18.0 Å². The van der Waals surface area contributed by atoms with Crippen LogP contribution in [-0.2, 0) is 9.53 Å². The molecule has 1 amide bonds. The minimum atomic E-state index is -1.01. The molecule has 6 heterocycles. The predicted molar refractivity (Wildman–Crippen MR) is 231 cm³/mol. The number of carbonyl (C=O) groups excluding carboxylic acids is 1. The van der Waals surface area contributed by atoms with Crippen LogP contribution in [0.2, 0.25) is 5.02 Å². The molecule has 59 heavy (non-hydrogen) atoms. The summed E-state index contributed by atoms with van der Waals surface area (Å²) in [5, 5.41) is 27.0. The molecule has 14 nitrogen and oxygen atoms in total. The Bertz CT molecular complexity index is 2500. The average Bonchev–Trinajstić information content (AvgIpc) is 3.71. The summed E-state index contributed by atoms with van der Waals surface area (Å²) in [5.41, 5.74) is 7.08. The van der Waals surface area contributed by atoms with Crippen LogP contribution in [0.5, 0.6) is 5.75 Å². The molecule has 1 aliphatic carbocycles. The number of aliphatic imine (C=N–C) groups is 1. The number of likely N-dealkylation sites (N-methyl/N-ethyl adjacent to an activating group) is 2. The van der Waals surface area contributed by atoms with Gasteiger partial charge in [-0.05, 0) is 113 Å². The number of thiophene rings is 1. The predicted octanol–water partition coefficient (Wildman–Crippen LogP) is 7.05. The highest BCUT2D eigenvalue weighted by atomic mass is 35.5. The molecule has 3 N–H and O–H groups in total. The number of benzene rings is 2. The van der Waals surface area contributed by atoms with Gasteiger partial charge < -0.3 is 35.0 Å². The Labute approximate surface area is 352 Å². The number of nitrogens with one attached hydrogen (secondary N) is 2. The number of amides is 1. The number of aromatic nitrogens is 5. The van der Waals surface area contributed by atoms with Gasteiger partial charge in [-0.15, -0.1) is 21.5 Å². The van der Waals surface area contributed by atoms with Gasteiger partial charge in [0.1, 0.15) is 33.4 Å². The van der Waals surface area contributed by atoms with Crippen LogP contribution in [0.3, 0.4) is 0 Å². The number of piperidine rings is 1. The fourth-order valence-electron chi connectivity index (χ4n) is 8.63. The Kier molecular flexibility index (Phi) is 10.1. The van der Waals surface area contributed by atoms with Gasteiger partial charge in [-0.1, -0.05) is 11.6 Å². The summed E-state index contributed by atoms with van der Waals surface area (Å²) in [6, 6.07) is 14.0. The van der Waals surface area contributed by atoms with E-state index in [0.29, 0.717) is 16.8 Å². The van der Waals surface area contributed by atoms with Crippen molar-refractivity contribution in [1.82, 2.24) is 30.0 Å². The maximum atomic E-state index is 11.8. The summed E-state index contributed by atoms with van der Waals surface area (Å²) in [6.45, 7) is 9.92. The van der Waals surface area contributed by atoms with Gasteiger partial charge in [-0.3, -0.25) is 14.4 Å². The Hall–Kier alpha value is -5.51. The number of anilines is 4.